The minimum atomic E-state index is -1.95. The van der Waals surface area contributed by atoms with Crippen LogP contribution in [0.4, 0.5) is 9.18 Å². The number of halogens is 1. The summed E-state index contributed by atoms with van der Waals surface area (Å²) in [5.74, 6) is -1.29. The van der Waals surface area contributed by atoms with E-state index in [2.05, 4.69) is 10.2 Å². The summed E-state index contributed by atoms with van der Waals surface area (Å²) >= 11 is 0. The number of ether oxygens (including phenoxy) is 2. The van der Waals surface area contributed by atoms with Crippen LogP contribution in [0.3, 0.4) is 0 Å². The summed E-state index contributed by atoms with van der Waals surface area (Å²) in [6.45, 7) is 3.39. The van der Waals surface area contributed by atoms with Crippen LogP contribution in [-0.2, 0) is 34.8 Å². The van der Waals surface area contributed by atoms with Crippen LogP contribution >= 0.6 is 0 Å². The molecule has 0 aliphatic carbocycles. The van der Waals surface area contributed by atoms with E-state index in [0.717, 1.165) is 11.1 Å². The molecule has 0 bridgehead atoms. The number of hydrogen-bond acceptors (Lipinski definition) is 8. The van der Waals surface area contributed by atoms with Crippen LogP contribution in [-0.4, -0.2) is 63.0 Å². The highest BCUT2D eigenvalue weighted by atomic mass is 19.1. The van der Waals surface area contributed by atoms with Crippen molar-refractivity contribution >= 4 is 23.0 Å². The van der Waals surface area contributed by atoms with Crippen LogP contribution in [0.2, 0.25) is 0 Å². The SMILES string of the molecule is CCC1(O)C(=O)OCc2c1cc1n(c2=O)Cc2c-1nc1cc(F)c(OC)cc1c2CN1CCC(NC(=O)O)CC1. The Hall–Kier alpha value is -4.03. The van der Waals surface area contributed by atoms with E-state index in [1.54, 1.807) is 23.6 Å². The standard InChI is InChI=1S/C28H29FN4O7/c1-3-28(38)19-9-22-24-17(12-33(22)25(34)18(19)13-40-26(28)35)16(11-32-6-4-14(5-7-32)30-27(36)37)15-8-23(39-2)20(29)10-21(15)31-24/h8-10,14,30,38H,3-7,11-13H2,1-2H3,(H,36,37). The smallest absolute Gasteiger partial charge is 0.404 e. The average Bonchev–Trinajstić information content (AvgIpc) is 3.30. The van der Waals surface area contributed by atoms with Gasteiger partial charge in [0.15, 0.2) is 17.2 Å². The number of nitrogens with one attached hydrogen (secondary N) is 1. The number of cyclic esters (lactones) is 1. The Morgan fingerprint density at radius 2 is 2.00 bits per heavy atom. The molecule has 3 aliphatic rings. The lowest BCUT2D eigenvalue weighted by Crippen LogP contribution is -2.44. The lowest BCUT2D eigenvalue weighted by atomic mass is 9.86. The van der Waals surface area contributed by atoms with Gasteiger partial charge in [0.1, 0.15) is 6.61 Å². The molecule has 5 heterocycles. The first-order chi connectivity index (χ1) is 19.1. The van der Waals surface area contributed by atoms with Gasteiger partial charge in [0.25, 0.3) is 5.56 Å². The number of aliphatic hydroxyl groups is 1. The number of methoxy groups -OCH3 is 1. The van der Waals surface area contributed by atoms with E-state index < -0.39 is 23.5 Å². The number of amides is 1. The molecule has 1 aromatic carbocycles. The summed E-state index contributed by atoms with van der Waals surface area (Å²) in [6, 6.07) is 4.43. The van der Waals surface area contributed by atoms with Gasteiger partial charge in [0, 0.05) is 48.3 Å². The highest BCUT2D eigenvalue weighted by Gasteiger charge is 2.45. The van der Waals surface area contributed by atoms with Crippen molar-refractivity contribution in [1.82, 2.24) is 19.8 Å². The number of rotatable bonds is 5. The Kier molecular flexibility index (Phi) is 6.26. The van der Waals surface area contributed by atoms with Crippen LogP contribution in [0, 0.1) is 5.82 Å². The molecule has 210 valence electrons. The molecule has 1 unspecified atom stereocenters. The largest absolute Gasteiger partial charge is 0.494 e. The summed E-state index contributed by atoms with van der Waals surface area (Å²) in [5, 5.41) is 23.5. The maximum absolute atomic E-state index is 14.8. The van der Waals surface area contributed by atoms with Gasteiger partial charge in [0.2, 0.25) is 0 Å². The van der Waals surface area contributed by atoms with Gasteiger partial charge >= 0.3 is 12.1 Å². The number of carbonyl (C=O) groups excluding carboxylic acids is 1. The van der Waals surface area contributed by atoms with Gasteiger partial charge in [0.05, 0.1) is 36.1 Å². The van der Waals surface area contributed by atoms with E-state index in [1.165, 1.54) is 13.2 Å². The lowest BCUT2D eigenvalue weighted by molar-refractivity contribution is -0.172. The first-order valence-electron chi connectivity index (χ1n) is 13.2. The monoisotopic (exact) mass is 552 g/mol. The third kappa shape index (κ3) is 4.01. The minimum Gasteiger partial charge on any atom is -0.494 e. The number of carbonyl (C=O) groups is 2. The normalized spacial score (nSPS) is 20.6. The molecule has 3 aromatic rings. The van der Waals surface area contributed by atoms with Gasteiger partial charge in [-0.15, -0.1) is 0 Å². The number of nitrogens with zero attached hydrogens (tertiary/aromatic N) is 3. The Morgan fingerprint density at radius 3 is 2.67 bits per heavy atom. The van der Waals surface area contributed by atoms with Crippen LogP contribution in [0.15, 0.2) is 23.0 Å². The van der Waals surface area contributed by atoms with Gasteiger partial charge in [-0.3, -0.25) is 9.69 Å². The summed E-state index contributed by atoms with van der Waals surface area (Å²) in [4.78, 5) is 44.2. The van der Waals surface area contributed by atoms with Crippen LogP contribution in [0.5, 0.6) is 5.75 Å². The predicted octanol–water partition coefficient (Wildman–Crippen LogP) is 2.46. The zero-order chi connectivity index (χ0) is 28.3. The number of aromatic nitrogens is 2. The Bertz CT molecular complexity index is 1630. The minimum absolute atomic E-state index is 0.0304. The van der Waals surface area contributed by atoms with Crippen molar-refractivity contribution in [2.24, 2.45) is 0 Å². The summed E-state index contributed by atoms with van der Waals surface area (Å²) in [6.07, 6.45) is 0.276. The van der Waals surface area contributed by atoms with Crippen molar-refractivity contribution in [2.45, 2.75) is 57.5 Å². The average molecular weight is 553 g/mol. The molecular formula is C28H29FN4O7. The molecule has 6 rings (SSSR count). The number of carboxylic acid groups (broad SMARTS) is 1. The number of fused-ring (bicyclic) bond motifs is 5. The number of esters is 1. The third-order valence-electron chi connectivity index (χ3n) is 8.38. The Labute approximate surface area is 228 Å². The van der Waals surface area contributed by atoms with Crippen molar-refractivity contribution in [2.75, 3.05) is 20.2 Å². The van der Waals surface area contributed by atoms with E-state index in [9.17, 15) is 23.9 Å². The first-order valence-corrected chi connectivity index (χ1v) is 13.2. The molecule has 2 aromatic heterocycles. The van der Waals surface area contributed by atoms with Crippen molar-refractivity contribution in [1.29, 1.82) is 0 Å². The molecule has 11 nitrogen and oxygen atoms in total. The molecule has 40 heavy (non-hydrogen) atoms. The molecular weight excluding hydrogens is 523 g/mol. The third-order valence-corrected chi connectivity index (χ3v) is 8.38. The molecule has 3 aliphatic heterocycles. The molecule has 0 radical (unpaired) electrons. The molecule has 0 spiro atoms. The molecule has 1 amide bonds. The highest BCUT2D eigenvalue weighted by molar-refractivity contribution is 5.90. The van der Waals surface area contributed by atoms with Gasteiger partial charge in [-0.1, -0.05) is 6.92 Å². The maximum Gasteiger partial charge on any atom is 0.404 e. The van der Waals surface area contributed by atoms with Gasteiger partial charge in [-0.05, 0) is 37.0 Å². The zero-order valence-corrected chi connectivity index (χ0v) is 22.1. The first kappa shape index (κ1) is 26.2. The van der Waals surface area contributed by atoms with Gasteiger partial charge in [-0.2, -0.15) is 0 Å². The fourth-order valence-electron chi connectivity index (χ4n) is 6.13. The molecule has 0 saturated carbocycles. The van der Waals surface area contributed by atoms with E-state index in [-0.39, 0.29) is 48.0 Å². The predicted molar refractivity (Wildman–Crippen MR) is 140 cm³/mol. The van der Waals surface area contributed by atoms with Crippen molar-refractivity contribution < 1.29 is 33.7 Å². The number of benzene rings is 1. The number of piperidine rings is 1. The second-order valence-corrected chi connectivity index (χ2v) is 10.5. The van der Waals surface area contributed by atoms with Gasteiger partial charge in [-0.25, -0.2) is 19.0 Å². The van der Waals surface area contributed by atoms with Crippen molar-refractivity contribution in [3.8, 4) is 17.1 Å². The fraction of sp³-hybridized carbons (Fsp3) is 0.429. The van der Waals surface area contributed by atoms with Gasteiger partial charge < -0.3 is 29.6 Å². The Balaban J connectivity index is 1.49. The number of likely N-dealkylation sites (tertiary alicyclic amines) is 1. The van der Waals surface area contributed by atoms with E-state index in [4.69, 9.17) is 19.6 Å². The van der Waals surface area contributed by atoms with E-state index in [0.29, 0.717) is 54.8 Å². The zero-order valence-electron chi connectivity index (χ0n) is 22.1. The lowest BCUT2D eigenvalue weighted by Gasteiger charge is -2.32. The van der Waals surface area contributed by atoms with Crippen LogP contribution in [0.1, 0.15) is 48.4 Å². The Morgan fingerprint density at radius 1 is 1.25 bits per heavy atom. The molecule has 1 atom stereocenters. The molecule has 3 N–H and O–H groups in total. The second kappa shape index (κ2) is 9.56. The summed E-state index contributed by atoms with van der Waals surface area (Å²) < 4.78 is 26.8. The summed E-state index contributed by atoms with van der Waals surface area (Å²) in [5.41, 5.74) is 1.11. The van der Waals surface area contributed by atoms with Crippen molar-refractivity contribution in [3.63, 3.8) is 0 Å². The van der Waals surface area contributed by atoms with Crippen LogP contribution < -0.4 is 15.6 Å². The topological polar surface area (TPSA) is 143 Å². The van der Waals surface area contributed by atoms with Crippen molar-refractivity contribution in [3.05, 3.63) is 56.6 Å². The molecule has 1 saturated heterocycles. The van der Waals surface area contributed by atoms with E-state index in [1.807, 2.05) is 0 Å². The number of hydrogen-bond donors (Lipinski definition) is 3. The number of pyridine rings is 2. The molecule has 12 heteroatoms. The maximum atomic E-state index is 14.8. The second-order valence-electron chi connectivity index (χ2n) is 10.5. The van der Waals surface area contributed by atoms with Crippen LogP contribution in [0.25, 0.3) is 22.3 Å². The highest BCUT2D eigenvalue weighted by Crippen LogP contribution is 2.41. The fourth-order valence-corrected chi connectivity index (χ4v) is 6.13. The summed E-state index contributed by atoms with van der Waals surface area (Å²) in [7, 11) is 1.39. The van der Waals surface area contributed by atoms with E-state index >= 15 is 0 Å². The molecule has 1 fully saturated rings. The quantitative estimate of drug-likeness (QED) is 0.318.